The van der Waals surface area contributed by atoms with Crippen molar-refractivity contribution >= 4 is 34.2 Å². The molecule has 2 heterocycles. The van der Waals surface area contributed by atoms with Crippen molar-refractivity contribution in [3.8, 4) is 0 Å². The number of aromatic nitrogens is 2. The van der Waals surface area contributed by atoms with Crippen LogP contribution in [-0.2, 0) is 6.42 Å². The number of hydrogen-bond donors (Lipinski definition) is 0. The Bertz CT molecular complexity index is 1010. The highest BCUT2D eigenvalue weighted by atomic mass is 35.5. The van der Waals surface area contributed by atoms with E-state index in [9.17, 15) is 9.18 Å². The molecule has 150 valence electrons. The van der Waals surface area contributed by atoms with Crippen molar-refractivity contribution in [1.82, 2.24) is 14.3 Å². The Balaban J connectivity index is 1.40. The smallest absolute Gasteiger partial charge is 0.254 e. The first-order chi connectivity index (χ1) is 14.0. The second-order valence-corrected chi connectivity index (χ2v) is 8.27. The van der Waals surface area contributed by atoms with Crippen molar-refractivity contribution in [2.75, 3.05) is 24.5 Å². The predicted octanol–water partition coefficient (Wildman–Crippen LogP) is 4.27. The molecule has 0 N–H and O–H groups in total. The van der Waals surface area contributed by atoms with E-state index in [1.807, 2.05) is 31.2 Å². The summed E-state index contributed by atoms with van der Waals surface area (Å²) in [6, 6.07) is 13.5. The van der Waals surface area contributed by atoms with Crippen LogP contribution < -0.4 is 4.90 Å². The van der Waals surface area contributed by atoms with Gasteiger partial charge in [0.25, 0.3) is 5.91 Å². The van der Waals surface area contributed by atoms with Gasteiger partial charge in [0, 0.05) is 54.2 Å². The number of nitrogens with zero attached hydrogens (tertiary/aromatic N) is 4. The fraction of sp³-hybridized carbons (Fsp3) is 0.286. The number of carbonyl (C=O) groups is 1. The molecule has 29 heavy (non-hydrogen) atoms. The van der Waals surface area contributed by atoms with Gasteiger partial charge in [-0.3, -0.25) is 4.79 Å². The van der Waals surface area contributed by atoms with Crippen LogP contribution in [0.1, 0.15) is 28.7 Å². The zero-order valence-electron chi connectivity index (χ0n) is 15.9. The fourth-order valence-electron chi connectivity index (χ4n) is 3.45. The monoisotopic (exact) mass is 430 g/mol. The van der Waals surface area contributed by atoms with Gasteiger partial charge in [0.2, 0.25) is 5.13 Å². The van der Waals surface area contributed by atoms with E-state index in [4.69, 9.17) is 11.6 Å². The number of anilines is 1. The lowest BCUT2D eigenvalue weighted by Gasteiger charge is -2.39. The first-order valence-electron chi connectivity index (χ1n) is 9.38. The van der Waals surface area contributed by atoms with Gasteiger partial charge < -0.3 is 9.80 Å². The minimum atomic E-state index is -0.399. The third-order valence-electron chi connectivity index (χ3n) is 4.96. The Morgan fingerprint density at radius 2 is 2.03 bits per heavy atom. The molecule has 4 rings (SSSR count). The van der Waals surface area contributed by atoms with E-state index < -0.39 is 5.82 Å². The Morgan fingerprint density at radius 3 is 2.76 bits per heavy atom. The maximum atomic E-state index is 13.5. The van der Waals surface area contributed by atoms with Gasteiger partial charge >= 0.3 is 0 Å². The van der Waals surface area contributed by atoms with E-state index in [2.05, 4.69) is 14.3 Å². The van der Waals surface area contributed by atoms with E-state index in [-0.39, 0.29) is 11.9 Å². The van der Waals surface area contributed by atoms with Crippen molar-refractivity contribution in [3.63, 3.8) is 0 Å². The topological polar surface area (TPSA) is 49.3 Å². The van der Waals surface area contributed by atoms with Gasteiger partial charge in [-0.15, -0.1) is 0 Å². The average Bonchev–Trinajstić information content (AvgIpc) is 3.18. The number of rotatable bonds is 4. The molecule has 0 saturated carbocycles. The number of hydrogen-bond acceptors (Lipinski definition) is 5. The van der Waals surface area contributed by atoms with Gasteiger partial charge in [-0.25, -0.2) is 9.37 Å². The Hall–Kier alpha value is -2.51. The van der Waals surface area contributed by atoms with Gasteiger partial charge in [0.05, 0.1) is 0 Å². The molecule has 1 atom stereocenters. The largest absolute Gasteiger partial charge is 0.343 e. The minimum Gasteiger partial charge on any atom is -0.343 e. The molecular formula is C21H20ClFN4OS. The summed E-state index contributed by atoms with van der Waals surface area (Å²) in [6.07, 6.45) is 0.654. The van der Waals surface area contributed by atoms with Crippen LogP contribution in [-0.4, -0.2) is 45.8 Å². The first-order valence-corrected chi connectivity index (χ1v) is 10.5. The van der Waals surface area contributed by atoms with Crippen LogP contribution in [0.25, 0.3) is 0 Å². The van der Waals surface area contributed by atoms with Crippen LogP contribution in [0.2, 0.25) is 5.02 Å². The van der Waals surface area contributed by atoms with Crippen molar-refractivity contribution in [3.05, 3.63) is 76.3 Å². The molecule has 0 spiro atoms. The highest BCUT2D eigenvalue weighted by Crippen LogP contribution is 2.24. The highest BCUT2D eigenvalue weighted by Gasteiger charge is 2.29. The zero-order chi connectivity index (χ0) is 20.4. The van der Waals surface area contributed by atoms with Crippen LogP contribution in [0, 0.1) is 5.82 Å². The molecule has 3 aromatic rings. The molecule has 1 aliphatic heterocycles. The highest BCUT2D eigenvalue weighted by molar-refractivity contribution is 7.09. The second kappa shape index (κ2) is 8.47. The normalized spacial score (nSPS) is 16.9. The number of carbonyl (C=O) groups excluding carboxylic acids is 1. The number of halogens is 2. The molecule has 1 fully saturated rings. The number of piperazine rings is 1. The van der Waals surface area contributed by atoms with E-state index in [0.717, 1.165) is 16.5 Å². The third kappa shape index (κ3) is 4.57. The van der Waals surface area contributed by atoms with Crippen molar-refractivity contribution in [2.24, 2.45) is 0 Å². The van der Waals surface area contributed by atoms with Crippen LogP contribution in [0.4, 0.5) is 9.52 Å². The molecule has 1 unspecified atom stereocenters. The summed E-state index contributed by atoms with van der Waals surface area (Å²) in [5.41, 5.74) is 1.49. The molecule has 5 nitrogen and oxygen atoms in total. The molecular weight excluding hydrogens is 411 g/mol. The lowest BCUT2D eigenvalue weighted by Crippen LogP contribution is -2.54. The molecule has 1 aliphatic rings. The third-order valence-corrected chi connectivity index (χ3v) is 6.03. The maximum Gasteiger partial charge on any atom is 0.254 e. The van der Waals surface area contributed by atoms with Crippen molar-refractivity contribution in [2.45, 2.75) is 19.4 Å². The predicted molar refractivity (Wildman–Crippen MR) is 113 cm³/mol. The second-order valence-electron chi connectivity index (χ2n) is 7.10. The summed E-state index contributed by atoms with van der Waals surface area (Å²) >= 11 is 7.31. The zero-order valence-corrected chi connectivity index (χ0v) is 17.5. The molecule has 8 heteroatoms. The standard InChI is InChI=1S/C21H20ClFN4OS/c1-14-13-26(9-10-27(14)20(28)16-3-2-4-18(23)12-16)21-24-19(25-29-21)11-15-5-7-17(22)8-6-15/h2-8,12,14H,9-11,13H2,1H3. The van der Waals surface area contributed by atoms with Crippen LogP contribution in [0.5, 0.6) is 0 Å². The molecule has 0 radical (unpaired) electrons. The van der Waals surface area contributed by atoms with Gasteiger partial charge in [0.1, 0.15) is 11.6 Å². The van der Waals surface area contributed by atoms with E-state index >= 15 is 0 Å². The number of benzene rings is 2. The van der Waals surface area contributed by atoms with Crippen molar-refractivity contribution < 1.29 is 9.18 Å². The molecule has 0 aliphatic carbocycles. The molecule has 0 bridgehead atoms. The van der Waals surface area contributed by atoms with Gasteiger partial charge in [-0.05, 0) is 42.8 Å². The molecule has 1 saturated heterocycles. The molecule has 1 amide bonds. The minimum absolute atomic E-state index is 0.0110. The van der Waals surface area contributed by atoms with E-state index in [1.165, 1.54) is 23.7 Å². The SMILES string of the molecule is CC1CN(c2nc(Cc3ccc(Cl)cc3)ns2)CCN1C(=O)c1cccc(F)c1. The van der Waals surface area contributed by atoms with Crippen molar-refractivity contribution in [1.29, 1.82) is 0 Å². The van der Waals surface area contributed by atoms with Crippen LogP contribution in [0.3, 0.4) is 0 Å². The van der Waals surface area contributed by atoms with E-state index in [1.54, 1.807) is 17.0 Å². The summed E-state index contributed by atoms with van der Waals surface area (Å²) in [7, 11) is 0. The Labute approximate surface area is 177 Å². The molecule has 2 aromatic carbocycles. The maximum absolute atomic E-state index is 13.5. The summed E-state index contributed by atoms with van der Waals surface area (Å²) in [4.78, 5) is 21.4. The van der Waals surface area contributed by atoms with Crippen LogP contribution >= 0.6 is 23.1 Å². The molecule has 1 aromatic heterocycles. The lowest BCUT2D eigenvalue weighted by atomic mass is 10.1. The van der Waals surface area contributed by atoms with Gasteiger partial charge in [-0.2, -0.15) is 4.37 Å². The Kier molecular flexibility index (Phi) is 5.78. The summed E-state index contributed by atoms with van der Waals surface area (Å²) in [6.45, 7) is 3.89. The van der Waals surface area contributed by atoms with Crippen LogP contribution in [0.15, 0.2) is 48.5 Å². The average molecular weight is 431 g/mol. The number of amides is 1. The fourth-order valence-corrected chi connectivity index (χ4v) is 4.30. The van der Waals surface area contributed by atoms with Gasteiger partial charge in [-0.1, -0.05) is 29.8 Å². The van der Waals surface area contributed by atoms with Gasteiger partial charge in [0.15, 0.2) is 0 Å². The Morgan fingerprint density at radius 1 is 1.24 bits per heavy atom. The summed E-state index contributed by atoms with van der Waals surface area (Å²) in [5, 5.41) is 1.57. The summed E-state index contributed by atoms with van der Waals surface area (Å²) < 4.78 is 17.9. The quantitative estimate of drug-likeness (QED) is 0.620. The van der Waals surface area contributed by atoms with E-state index in [0.29, 0.717) is 36.6 Å². The lowest BCUT2D eigenvalue weighted by molar-refractivity contribution is 0.0673. The first kappa shape index (κ1) is 19.8. The summed E-state index contributed by atoms with van der Waals surface area (Å²) in [5.74, 6) is 0.236.